The number of ether oxygens (including phenoxy) is 2. The Labute approximate surface area is 212 Å². The summed E-state index contributed by atoms with van der Waals surface area (Å²) in [6.07, 6.45) is 4.21. The quantitative estimate of drug-likeness (QED) is 0.257. The summed E-state index contributed by atoms with van der Waals surface area (Å²) in [4.78, 5) is 26.0. The monoisotopic (exact) mass is 519 g/mol. The summed E-state index contributed by atoms with van der Waals surface area (Å²) in [6.45, 7) is 0.574. The zero-order valence-electron chi connectivity index (χ0n) is 18.8. The van der Waals surface area contributed by atoms with Gasteiger partial charge < -0.3 is 15.2 Å². The van der Waals surface area contributed by atoms with Crippen LogP contribution in [0.5, 0.6) is 11.5 Å². The number of carbonyl (C=O) groups excluding carboxylic acids is 1. The van der Waals surface area contributed by atoms with E-state index in [9.17, 15) is 4.79 Å². The molecule has 178 valence electrons. The van der Waals surface area contributed by atoms with Gasteiger partial charge in [-0.25, -0.2) is 14.8 Å². The number of thioether (sulfide) groups is 1. The van der Waals surface area contributed by atoms with Crippen LogP contribution < -0.4 is 25.0 Å². The number of hydrogen-bond donors (Lipinski definition) is 1. The summed E-state index contributed by atoms with van der Waals surface area (Å²) in [7, 11) is 2.98. The Hall–Kier alpha value is -2.88. The predicted molar refractivity (Wildman–Crippen MR) is 137 cm³/mol. The predicted octanol–water partition coefficient (Wildman–Crippen LogP) is 5.29. The molecule has 0 bridgehead atoms. The van der Waals surface area contributed by atoms with E-state index in [1.807, 2.05) is 30.5 Å². The van der Waals surface area contributed by atoms with Crippen molar-refractivity contribution in [1.29, 1.82) is 0 Å². The van der Waals surface area contributed by atoms with Crippen molar-refractivity contribution in [2.24, 2.45) is 0 Å². The first-order chi connectivity index (χ1) is 16.4. The van der Waals surface area contributed by atoms with Crippen LogP contribution in [0.2, 0.25) is 10.0 Å². The summed E-state index contributed by atoms with van der Waals surface area (Å²) in [5.41, 5.74) is 8.60. The highest BCUT2D eigenvalue weighted by Crippen LogP contribution is 2.48. The molecule has 1 aliphatic heterocycles. The van der Waals surface area contributed by atoms with Gasteiger partial charge in [0.2, 0.25) is 0 Å². The Bertz CT molecular complexity index is 1200. The highest BCUT2D eigenvalue weighted by Gasteiger charge is 2.36. The molecular formula is C23H23Cl2N5O3S. The number of nitrogens with zero attached hydrogens (tertiary/aromatic N) is 4. The van der Waals surface area contributed by atoms with Gasteiger partial charge in [-0.1, -0.05) is 47.1 Å². The fourth-order valence-electron chi connectivity index (χ4n) is 3.71. The van der Waals surface area contributed by atoms with E-state index in [2.05, 4.69) is 9.97 Å². The van der Waals surface area contributed by atoms with E-state index in [1.165, 1.54) is 30.9 Å². The number of halogens is 2. The Morgan fingerprint density at radius 2 is 1.76 bits per heavy atom. The van der Waals surface area contributed by atoms with E-state index in [4.69, 9.17) is 38.4 Å². The minimum absolute atomic E-state index is 0.191. The van der Waals surface area contributed by atoms with Crippen LogP contribution >= 0.6 is 35.0 Å². The standard InChI is InChI=1S/C23H23Cl2N5O3S/c1-32-16-10-17(33-2)19(25)20(18(16)24)30-12-14-11-27-22(34-3)28-21(14)29(23(30)31)9-8-13-4-6-15(26)7-5-13/h4-7,10-11H,8-9,12,26H2,1-3H3. The van der Waals surface area contributed by atoms with Crippen LogP contribution in [0.25, 0.3) is 0 Å². The maximum absolute atomic E-state index is 13.8. The second-order valence-corrected chi connectivity index (χ2v) is 9.00. The molecule has 2 N–H and O–H groups in total. The molecule has 2 amide bonds. The van der Waals surface area contributed by atoms with Gasteiger partial charge in [-0.2, -0.15) is 0 Å². The van der Waals surface area contributed by atoms with Crippen molar-refractivity contribution >= 4 is 58.2 Å². The van der Waals surface area contributed by atoms with Crippen molar-refractivity contribution in [2.45, 2.75) is 18.1 Å². The smallest absolute Gasteiger partial charge is 0.330 e. The molecule has 0 fully saturated rings. The number of benzene rings is 2. The van der Waals surface area contributed by atoms with Crippen LogP contribution in [0.1, 0.15) is 11.1 Å². The van der Waals surface area contributed by atoms with Crippen LogP contribution in [-0.2, 0) is 13.0 Å². The lowest BCUT2D eigenvalue weighted by Gasteiger charge is -2.37. The van der Waals surface area contributed by atoms with Gasteiger partial charge in [0.25, 0.3) is 0 Å². The molecule has 34 heavy (non-hydrogen) atoms. The normalized spacial score (nSPS) is 13.1. The lowest BCUT2D eigenvalue weighted by Crippen LogP contribution is -2.49. The molecule has 0 saturated carbocycles. The Kier molecular flexibility index (Phi) is 7.25. The number of anilines is 3. The average Bonchev–Trinajstić information content (AvgIpc) is 2.85. The van der Waals surface area contributed by atoms with Crippen molar-refractivity contribution < 1.29 is 14.3 Å². The number of nitrogens with two attached hydrogens (primary N) is 1. The third-order valence-electron chi connectivity index (χ3n) is 5.47. The van der Waals surface area contributed by atoms with Gasteiger partial charge in [-0.15, -0.1) is 0 Å². The lowest BCUT2D eigenvalue weighted by molar-refractivity contribution is 0.249. The van der Waals surface area contributed by atoms with Gasteiger partial charge in [0.1, 0.15) is 27.4 Å². The number of aromatic nitrogens is 2. The second kappa shape index (κ2) is 10.2. The number of carbonyl (C=O) groups is 1. The molecule has 0 spiro atoms. The second-order valence-electron chi connectivity index (χ2n) is 7.48. The molecule has 0 unspecified atom stereocenters. The van der Waals surface area contributed by atoms with Crippen LogP contribution in [-0.4, -0.2) is 43.0 Å². The molecule has 0 saturated heterocycles. The topological polar surface area (TPSA) is 93.8 Å². The van der Waals surface area contributed by atoms with Gasteiger partial charge in [0.15, 0.2) is 5.16 Å². The van der Waals surface area contributed by atoms with Crippen molar-refractivity contribution in [1.82, 2.24) is 9.97 Å². The molecule has 2 heterocycles. The summed E-state index contributed by atoms with van der Waals surface area (Å²) < 4.78 is 10.8. The maximum Gasteiger partial charge on any atom is 0.330 e. The van der Waals surface area contributed by atoms with E-state index in [0.717, 1.165) is 11.1 Å². The zero-order valence-corrected chi connectivity index (χ0v) is 21.2. The number of methoxy groups -OCH3 is 2. The van der Waals surface area contributed by atoms with E-state index >= 15 is 0 Å². The summed E-state index contributed by atoms with van der Waals surface area (Å²) in [6, 6.07) is 8.83. The lowest BCUT2D eigenvalue weighted by atomic mass is 10.1. The van der Waals surface area contributed by atoms with Gasteiger partial charge in [0, 0.05) is 30.1 Å². The van der Waals surface area contributed by atoms with Gasteiger partial charge >= 0.3 is 6.03 Å². The van der Waals surface area contributed by atoms with E-state index in [-0.39, 0.29) is 22.6 Å². The summed E-state index contributed by atoms with van der Waals surface area (Å²) >= 11 is 14.7. The molecule has 2 aromatic carbocycles. The molecule has 11 heteroatoms. The minimum atomic E-state index is -0.312. The molecule has 8 nitrogen and oxygen atoms in total. The molecule has 0 radical (unpaired) electrons. The maximum atomic E-state index is 13.8. The molecule has 4 rings (SSSR count). The minimum Gasteiger partial charge on any atom is -0.495 e. The number of rotatable bonds is 7. The van der Waals surface area contributed by atoms with Crippen LogP contribution in [0.3, 0.4) is 0 Å². The molecule has 3 aromatic rings. The van der Waals surface area contributed by atoms with Crippen molar-refractivity contribution in [3.05, 3.63) is 57.7 Å². The van der Waals surface area contributed by atoms with Gasteiger partial charge in [-0.05, 0) is 30.4 Å². The zero-order chi connectivity index (χ0) is 24.4. The average molecular weight is 520 g/mol. The number of urea groups is 1. The first-order valence-corrected chi connectivity index (χ1v) is 12.3. The Balaban J connectivity index is 1.78. The third kappa shape index (κ3) is 4.55. The van der Waals surface area contributed by atoms with Crippen LogP contribution in [0.4, 0.5) is 22.0 Å². The molecule has 1 aromatic heterocycles. The van der Waals surface area contributed by atoms with Gasteiger partial charge in [-0.3, -0.25) is 9.80 Å². The number of fused-ring (bicyclic) bond motifs is 1. The number of nitrogen functional groups attached to an aromatic ring is 1. The van der Waals surface area contributed by atoms with Crippen molar-refractivity contribution in [3.63, 3.8) is 0 Å². The van der Waals surface area contributed by atoms with Crippen LogP contribution in [0.15, 0.2) is 41.7 Å². The van der Waals surface area contributed by atoms with Crippen LogP contribution in [0, 0.1) is 0 Å². The Morgan fingerprint density at radius 1 is 1.12 bits per heavy atom. The largest absolute Gasteiger partial charge is 0.495 e. The molecule has 1 aliphatic rings. The van der Waals surface area contributed by atoms with E-state index in [1.54, 1.807) is 17.2 Å². The fourth-order valence-corrected chi connectivity index (χ4v) is 4.75. The molecule has 0 aliphatic carbocycles. The van der Waals surface area contributed by atoms with E-state index < -0.39 is 0 Å². The molecule has 0 atom stereocenters. The molecular weight excluding hydrogens is 497 g/mol. The first kappa shape index (κ1) is 24.3. The number of hydrogen-bond acceptors (Lipinski definition) is 7. The SMILES string of the molecule is COc1cc(OC)c(Cl)c(N2Cc3cnc(SC)nc3N(CCc3ccc(N)cc3)C2=O)c1Cl. The van der Waals surface area contributed by atoms with E-state index in [0.29, 0.717) is 46.8 Å². The first-order valence-electron chi connectivity index (χ1n) is 10.3. The van der Waals surface area contributed by atoms with Crippen molar-refractivity contribution in [3.8, 4) is 11.5 Å². The highest BCUT2D eigenvalue weighted by molar-refractivity contribution is 7.98. The summed E-state index contributed by atoms with van der Waals surface area (Å²) in [5.74, 6) is 1.26. The Morgan fingerprint density at radius 3 is 2.35 bits per heavy atom. The van der Waals surface area contributed by atoms with Crippen molar-refractivity contribution in [2.75, 3.05) is 42.6 Å². The third-order valence-corrected chi connectivity index (χ3v) is 6.76. The summed E-state index contributed by atoms with van der Waals surface area (Å²) in [5, 5.41) is 1.01. The highest BCUT2D eigenvalue weighted by atomic mass is 35.5. The fraction of sp³-hybridized carbons (Fsp3) is 0.261. The van der Waals surface area contributed by atoms with Gasteiger partial charge in [0.05, 0.1) is 26.5 Å². The number of amides is 2.